The summed E-state index contributed by atoms with van der Waals surface area (Å²) < 4.78 is 7.70. The fraction of sp³-hybridized carbons (Fsp3) is 0.400. The van der Waals surface area contributed by atoms with Crippen LogP contribution in [0.5, 0.6) is 0 Å². The first-order valence-corrected chi connectivity index (χ1v) is 10.8. The molecule has 2 aliphatic heterocycles. The number of furan rings is 1. The van der Waals surface area contributed by atoms with E-state index in [1.54, 1.807) is 0 Å². The normalized spacial score (nSPS) is 18.5. The standard InChI is InChI=1S/C25H29N3O2/c1-19-9-10-21(30-19)17-27-14-11-25(12-15-27)18-28(16-20-6-3-4-7-22(20)25)24(29)23-8-5-13-26(23)2/h3-10,13H,11-12,14-18H2,1-2H3. The van der Waals surface area contributed by atoms with Crippen molar-refractivity contribution in [1.29, 1.82) is 0 Å². The monoisotopic (exact) mass is 403 g/mol. The summed E-state index contributed by atoms with van der Waals surface area (Å²) in [6, 6.07) is 16.7. The van der Waals surface area contributed by atoms with Gasteiger partial charge in [-0.2, -0.15) is 0 Å². The maximum atomic E-state index is 13.3. The lowest BCUT2D eigenvalue weighted by Crippen LogP contribution is -2.53. The number of fused-ring (bicyclic) bond motifs is 2. The molecule has 1 amide bonds. The van der Waals surface area contributed by atoms with E-state index in [2.05, 4.69) is 40.1 Å². The van der Waals surface area contributed by atoms with Gasteiger partial charge in [0.2, 0.25) is 0 Å². The van der Waals surface area contributed by atoms with Crippen LogP contribution in [0.4, 0.5) is 0 Å². The second-order valence-electron chi connectivity index (χ2n) is 8.89. The van der Waals surface area contributed by atoms with E-state index in [1.807, 2.05) is 42.9 Å². The lowest BCUT2D eigenvalue weighted by atomic mass is 9.68. The Morgan fingerprint density at radius 2 is 1.87 bits per heavy atom. The second kappa shape index (κ2) is 7.47. The summed E-state index contributed by atoms with van der Waals surface area (Å²) in [7, 11) is 1.94. The zero-order chi connectivity index (χ0) is 20.7. The molecule has 0 N–H and O–H groups in total. The van der Waals surface area contributed by atoms with Gasteiger partial charge in [0, 0.05) is 31.7 Å². The molecule has 0 bridgehead atoms. The van der Waals surface area contributed by atoms with Crippen molar-refractivity contribution >= 4 is 5.91 Å². The van der Waals surface area contributed by atoms with Crippen molar-refractivity contribution < 1.29 is 9.21 Å². The molecular weight excluding hydrogens is 374 g/mol. The number of amides is 1. The minimum atomic E-state index is 0.0330. The Balaban J connectivity index is 1.38. The van der Waals surface area contributed by atoms with Crippen molar-refractivity contribution in [3.63, 3.8) is 0 Å². The summed E-state index contributed by atoms with van der Waals surface area (Å²) in [6.07, 6.45) is 4.05. The summed E-state index contributed by atoms with van der Waals surface area (Å²) in [5, 5.41) is 0. The van der Waals surface area contributed by atoms with Crippen LogP contribution < -0.4 is 0 Å². The molecule has 1 aromatic carbocycles. The molecular formula is C25H29N3O2. The van der Waals surface area contributed by atoms with Crippen LogP contribution in [0.25, 0.3) is 0 Å². The third kappa shape index (κ3) is 3.37. The van der Waals surface area contributed by atoms with Gasteiger partial charge in [0.15, 0.2) is 0 Å². The molecule has 5 nitrogen and oxygen atoms in total. The number of carbonyl (C=O) groups excluding carboxylic acids is 1. The summed E-state index contributed by atoms with van der Waals surface area (Å²) in [6.45, 7) is 6.36. The molecule has 1 saturated heterocycles. The molecule has 5 heteroatoms. The van der Waals surface area contributed by atoms with Crippen molar-refractivity contribution in [3.8, 4) is 0 Å². The first-order valence-electron chi connectivity index (χ1n) is 10.8. The van der Waals surface area contributed by atoms with Gasteiger partial charge in [-0.1, -0.05) is 24.3 Å². The Kier molecular flexibility index (Phi) is 4.78. The van der Waals surface area contributed by atoms with Crippen LogP contribution in [0.2, 0.25) is 0 Å². The molecule has 156 valence electrons. The van der Waals surface area contributed by atoms with Crippen LogP contribution in [-0.4, -0.2) is 39.9 Å². The van der Waals surface area contributed by atoms with E-state index in [4.69, 9.17) is 4.42 Å². The molecule has 30 heavy (non-hydrogen) atoms. The van der Waals surface area contributed by atoms with Gasteiger partial charge < -0.3 is 13.9 Å². The first-order chi connectivity index (χ1) is 14.5. The average Bonchev–Trinajstić information content (AvgIpc) is 3.37. The number of nitrogens with zero attached hydrogens (tertiary/aromatic N) is 3. The van der Waals surface area contributed by atoms with E-state index in [-0.39, 0.29) is 11.3 Å². The third-order valence-electron chi connectivity index (χ3n) is 6.88. The molecule has 1 fully saturated rings. The minimum Gasteiger partial charge on any atom is -0.465 e. The van der Waals surface area contributed by atoms with Gasteiger partial charge in [-0.3, -0.25) is 9.69 Å². The fourth-order valence-corrected chi connectivity index (χ4v) is 5.23. The molecule has 0 radical (unpaired) electrons. The van der Waals surface area contributed by atoms with E-state index in [0.717, 1.165) is 56.2 Å². The van der Waals surface area contributed by atoms with Crippen LogP contribution in [-0.2, 0) is 25.6 Å². The summed E-state index contributed by atoms with van der Waals surface area (Å²) in [4.78, 5) is 17.8. The van der Waals surface area contributed by atoms with Gasteiger partial charge in [0.25, 0.3) is 5.91 Å². The zero-order valence-electron chi connectivity index (χ0n) is 17.8. The molecule has 5 rings (SSSR count). The van der Waals surface area contributed by atoms with Crippen LogP contribution in [0.1, 0.15) is 46.0 Å². The highest BCUT2D eigenvalue weighted by atomic mass is 16.3. The average molecular weight is 404 g/mol. The lowest BCUT2D eigenvalue weighted by Gasteiger charge is -2.48. The number of carbonyl (C=O) groups is 1. The van der Waals surface area contributed by atoms with Crippen LogP contribution in [0.15, 0.2) is 59.1 Å². The number of benzene rings is 1. The van der Waals surface area contributed by atoms with Crippen LogP contribution in [0.3, 0.4) is 0 Å². The van der Waals surface area contributed by atoms with Crippen LogP contribution in [0, 0.1) is 6.92 Å². The van der Waals surface area contributed by atoms with Gasteiger partial charge >= 0.3 is 0 Å². The predicted molar refractivity (Wildman–Crippen MR) is 116 cm³/mol. The van der Waals surface area contributed by atoms with Crippen molar-refractivity contribution in [3.05, 3.63) is 83.1 Å². The first kappa shape index (κ1) is 19.2. The number of rotatable bonds is 3. The summed E-state index contributed by atoms with van der Waals surface area (Å²) in [5.74, 6) is 2.13. The lowest BCUT2D eigenvalue weighted by molar-refractivity contribution is 0.0558. The Hall–Kier alpha value is -2.79. The fourth-order valence-electron chi connectivity index (χ4n) is 5.23. The maximum Gasteiger partial charge on any atom is 0.270 e. The smallest absolute Gasteiger partial charge is 0.270 e. The Morgan fingerprint density at radius 3 is 2.57 bits per heavy atom. The quantitative estimate of drug-likeness (QED) is 0.661. The van der Waals surface area contributed by atoms with E-state index in [0.29, 0.717) is 6.54 Å². The largest absolute Gasteiger partial charge is 0.465 e. The highest BCUT2D eigenvalue weighted by molar-refractivity contribution is 5.93. The molecule has 0 saturated carbocycles. The summed E-state index contributed by atoms with van der Waals surface area (Å²) in [5.41, 5.74) is 3.52. The Labute approximate surface area is 177 Å². The number of aromatic nitrogens is 1. The molecule has 2 aliphatic rings. The van der Waals surface area contributed by atoms with E-state index in [1.165, 1.54) is 11.1 Å². The number of hydrogen-bond donors (Lipinski definition) is 0. The number of likely N-dealkylation sites (tertiary alicyclic amines) is 1. The van der Waals surface area contributed by atoms with Crippen molar-refractivity contribution in [2.45, 2.75) is 38.3 Å². The van der Waals surface area contributed by atoms with E-state index in [9.17, 15) is 4.79 Å². The van der Waals surface area contributed by atoms with Gasteiger partial charge in [0.1, 0.15) is 17.2 Å². The SMILES string of the molecule is Cc1ccc(CN2CCC3(CC2)CN(C(=O)c2cccn2C)Cc2ccccc23)o1. The Morgan fingerprint density at radius 1 is 1.07 bits per heavy atom. The van der Waals surface area contributed by atoms with Gasteiger partial charge in [0.05, 0.1) is 6.54 Å². The minimum absolute atomic E-state index is 0.0330. The summed E-state index contributed by atoms with van der Waals surface area (Å²) >= 11 is 0. The maximum absolute atomic E-state index is 13.3. The molecule has 0 unspecified atom stereocenters. The molecule has 1 spiro atoms. The Bertz CT molecular complexity index is 1060. The molecule has 0 aliphatic carbocycles. The number of hydrogen-bond acceptors (Lipinski definition) is 3. The highest BCUT2D eigenvalue weighted by Crippen LogP contribution is 2.42. The van der Waals surface area contributed by atoms with Crippen molar-refractivity contribution in [2.24, 2.45) is 7.05 Å². The third-order valence-corrected chi connectivity index (χ3v) is 6.88. The topological polar surface area (TPSA) is 41.6 Å². The molecule has 2 aromatic heterocycles. The highest BCUT2D eigenvalue weighted by Gasteiger charge is 2.43. The number of aryl methyl sites for hydroxylation is 2. The van der Waals surface area contributed by atoms with Crippen molar-refractivity contribution in [2.75, 3.05) is 19.6 Å². The predicted octanol–water partition coefficient (Wildman–Crippen LogP) is 4.12. The van der Waals surface area contributed by atoms with Crippen molar-refractivity contribution in [1.82, 2.24) is 14.4 Å². The second-order valence-corrected chi connectivity index (χ2v) is 8.89. The number of piperidine rings is 1. The van der Waals surface area contributed by atoms with Gasteiger partial charge in [-0.25, -0.2) is 0 Å². The van der Waals surface area contributed by atoms with Gasteiger partial charge in [-0.15, -0.1) is 0 Å². The van der Waals surface area contributed by atoms with Crippen LogP contribution >= 0.6 is 0 Å². The van der Waals surface area contributed by atoms with E-state index < -0.39 is 0 Å². The molecule has 0 atom stereocenters. The molecule has 3 aromatic rings. The zero-order valence-corrected chi connectivity index (χ0v) is 17.8. The van der Waals surface area contributed by atoms with E-state index >= 15 is 0 Å². The van der Waals surface area contributed by atoms with Gasteiger partial charge in [-0.05, 0) is 68.2 Å². The molecule has 4 heterocycles.